The second-order valence-corrected chi connectivity index (χ2v) is 13.0. The topological polar surface area (TPSA) is 90.7 Å². The summed E-state index contributed by atoms with van der Waals surface area (Å²) in [6.45, 7) is 7.02. The molecule has 9 heteroatoms. The van der Waals surface area contributed by atoms with Gasteiger partial charge in [-0.2, -0.15) is 0 Å². The summed E-state index contributed by atoms with van der Waals surface area (Å²) >= 11 is 0. The third kappa shape index (κ3) is 6.13. The first-order chi connectivity index (χ1) is 18.7. The lowest BCUT2D eigenvalue weighted by Crippen LogP contribution is -2.35. The smallest absolute Gasteiger partial charge is 0.254 e. The molecule has 2 aromatic carbocycles. The number of aryl methyl sites for hydroxylation is 1. The van der Waals surface area contributed by atoms with Crippen molar-refractivity contribution in [2.75, 3.05) is 13.3 Å². The molecule has 0 radical (unpaired) electrons. The molecule has 1 amide bonds. The number of nitrogens with zero attached hydrogens (tertiary/aromatic N) is 3. The number of sulfone groups is 1. The van der Waals surface area contributed by atoms with Crippen LogP contribution >= 0.6 is 0 Å². The van der Waals surface area contributed by atoms with Crippen LogP contribution in [0.1, 0.15) is 79.2 Å². The van der Waals surface area contributed by atoms with Crippen molar-refractivity contribution in [2.45, 2.75) is 76.4 Å². The Bertz CT molecular complexity index is 1440. The molecular formula is C30H37N3O5S. The van der Waals surface area contributed by atoms with Crippen LogP contribution in [0.4, 0.5) is 0 Å². The first kappa shape index (κ1) is 27.2. The third-order valence-electron chi connectivity index (χ3n) is 7.34. The van der Waals surface area contributed by atoms with E-state index >= 15 is 0 Å². The lowest BCUT2D eigenvalue weighted by atomic mass is 9.95. The minimum absolute atomic E-state index is 0.0417. The van der Waals surface area contributed by atoms with Crippen LogP contribution in [-0.4, -0.2) is 42.1 Å². The third-order valence-corrected chi connectivity index (χ3v) is 8.91. The summed E-state index contributed by atoms with van der Waals surface area (Å²) < 4.78 is 40.3. The molecule has 5 rings (SSSR count). The van der Waals surface area contributed by atoms with Gasteiger partial charge in [-0.1, -0.05) is 62.9 Å². The van der Waals surface area contributed by atoms with Crippen molar-refractivity contribution < 1.29 is 22.7 Å². The summed E-state index contributed by atoms with van der Waals surface area (Å²) in [5, 5.41) is 0.103. The number of fused-ring (bicyclic) bond motifs is 1. The van der Waals surface area contributed by atoms with Gasteiger partial charge in [0.05, 0.1) is 24.2 Å². The molecule has 2 aliphatic rings. The molecule has 3 aromatic rings. The fraction of sp³-hybridized carbons (Fsp3) is 0.467. The van der Waals surface area contributed by atoms with Crippen molar-refractivity contribution in [3.8, 4) is 11.5 Å². The second-order valence-electron chi connectivity index (χ2n) is 11.1. The van der Waals surface area contributed by atoms with Crippen LogP contribution < -0.4 is 9.47 Å². The molecule has 8 nitrogen and oxygen atoms in total. The largest absolute Gasteiger partial charge is 0.454 e. The van der Waals surface area contributed by atoms with Gasteiger partial charge in [0.2, 0.25) is 21.8 Å². The fourth-order valence-electron chi connectivity index (χ4n) is 5.61. The highest BCUT2D eigenvalue weighted by atomic mass is 32.2. The number of amides is 1. The first-order valence-electron chi connectivity index (χ1n) is 13.7. The van der Waals surface area contributed by atoms with E-state index in [-0.39, 0.29) is 42.1 Å². The predicted molar refractivity (Wildman–Crippen MR) is 149 cm³/mol. The van der Waals surface area contributed by atoms with Gasteiger partial charge in [-0.3, -0.25) is 4.79 Å². The minimum atomic E-state index is -3.71. The standard InChI is InChI=1S/C30H37N3O5S/c1-21(2)17-32(29(34)24-12-13-27-28(15-24)38-20-37-27)18-26-16-31-30(33(26)25-10-5-4-6-11-25)39(35,36)19-23-9-7-8-22(3)14-23/h7-9,12-16,21,25H,4-6,10-11,17-20H2,1-3H3. The molecule has 2 heterocycles. The van der Waals surface area contributed by atoms with E-state index in [4.69, 9.17) is 9.47 Å². The number of benzene rings is 2. The van der Waals surface area contributed by atoms with Crippen LogP contribution in [0.25, 0.3) is 0 Å². The minimum Gasteiger partial charge on any atom is -0.454 e. The van der Waals surface area contributed by atoms with Gasteiger partial charge in [0.25, 0.3) is 5.91 Å². The van der Waals surface area contributed by atoms with Crippen LogP contribution in [0.15, 0.2) is 53.8 Å². The lowest BCUT2D eigenvalue weighted by Gasteiger charge is -2.29. The lowest BCUT2D eigenvalue weighted by molar-refractivity contribution is 0.0716. The summed E-state index contributed by atoms with van der Waals surface area (Å²) in [6.07, 6.45) is 6.69. The van der Waals surface area contributed by atoms with E-state index in [9.17, 15) is 13.2 Å². The van der Waals surface area contributed by atoms with Crippen molar-refractivity contribution in [1.82, 2.24) is 14.5 Å². The molecule has 0 spiro atoms. The molecule has 208 valence electrons. The maximum atomic E-state index is 13.7. The molecular weight excluding hydrogens is 514 g/mol. The molecule has 0 unspecified atom stereocenters. The number of carbonyl (C=O) groups excluding carboxylic acids is 1. The van der Waals surface area contributed by atoms with Gasteiger partial charge in [0.15, 0.2) is 11.5 Å². The van der Waals surface area contributed by atoms with E-state index in [1.807, 2.05) is 35.8 Å². The van der Waals surface area contributed by atoms with Gasteiger partial charge < -0.3 is 18.9 Å². The maximum Gasteiger partial charge on any atom is 0.254 e. The Morgan fingerprint density at radius 2 is 1.85 bits per heavy atom. The molecule has 1 aromatic heterocycles. The van der Waals surface area contributed by atoms with Crippen LogP contribution in [-0.2, 0) is 22.1 Å². The normalized spacial score (nSPS) is 15.6. The van der Waals surface area contributed by atoms with Crippen LogP contribution in [0.5, 0.6) is 11.5 Å². The number of aromatic nitrogens is 2. The Balaban J connectivity index is 1.49. The first-order valence-corrected chi connectivity index (χ1v) is 15.4. The zero-order valence-electron chi connectivity index (χ0n) is 22.9. The van der Waals surface area contributed by atoms with E-state index in [1.165, 1.54) is 0 Å². The molecule has 1 aliphatic carbocycles. The van der Waals surface area contributed by atoms with E-state index in [0.29, 0.717) is 23.6 Å². The Morgan fingerprint density at radius 1 is 1.08 bits per heavy atom. The maximum absolute atomic E-state index is 13.7. The van der Waals surface area contributed by atoms with Gasteiger partial charge in [0.1, 0.15) is 0 Å². The Labute approximate surface area is 230 Å². The molecule has 0 bridgehead atoms. The number of imidazole rings is 1. The van der Waals surface area contributed by atoms with Gasteiger partial charge in [-0.15, -0.1) is 0 Å². The van der Waals surface area contributed by atoms with Gasteiger partial charge in [0, 0.05) is 18.2 Å². The van der Waals surface area contributed by atoms with Gasteiger partial charge in [-0.25, -0.2) is 13.4 Å². The molecule has 0 atom stereocenters. The van der Waals surface area contributed by atoms with E-state index in [2.05, 4.69) is 18.8 Å². The zero-order valence-corrected chi connectivity index (χ0v) is 23.7. The molecule has 0 saturated heterocycles. The highest BCUT2D eigenvalue weighted by Crippen LogP contribution is 2.35. The van der Waals surface area contributed by atoms with Crippen LogP contribution in [0.2, 0.25) is 0 Å². The molecule has 39 heavy (non-hydrogen) atoms. The molecule has 0 N–H and O–H groups in total. The monoisotopic (exact) mass is 551 g/mol. The number of carbonyl (C=O) groups is 1. The number of hydrogen-bond acceptors (Lipinski definition) is 6. The zero-order chi connectivity index (χ0) is 27.6. The quantitative estimate of drug-likeness (QED) is 0.339. The summed E-state index contributed by atoms with van der Waals surface area (Å²) in [6, 6.07) is 12.8. The summed E-state index contributed by atoms with van der Waals surface area (Å²) in [5.74, 6) is 1.16. The van der Waals surface area contributed by atoms with Crippen molar-refractivity contribution in [3.05, 3.63) is 71.0 Å². The van der Waals surface area contributed by atoms with Gasteiger partial charge >= 0.3 is 0 Å². The van der Waals surface area contributed by atoms with Crippen molar-refractivity contribution in [1.29, 1.82) is 0 Å². The molecule has 1 aliphatic heterocycles. The van der Waals surface area contributed by atoms with E-state index in [0.717, 1.165) is 48.9 Å². The number of hydrogen-bond donors (Lipinski definition) is 0. The van der Waals surface area contributed by atoms with E-state index < -0.39 is 9.84 Å². The second kappa shape index (κ2) is 11.4. The fourth-order valence-corrected chi connectivity index (χ4v) is 7.13. The van der Waals surface area contributed by atoms with Crippen molar-refractivity contribution >= 4 is 15.7 Å². The van der Waals surface area contributed by atoms with Crippen LogP contribution in [0, 0.1) is 12.8 Å². The highest BCUT2D eigenvalue weighted by molar-refractivity contribution is 7.90. The van der Waals surface area contributed by atoms with Crippen LogP contribution in [0.3, 0.4) is 0 Å². The summed E-state index contributed by atoms with van der Waals surface area (Å²) in [7, 11) is -3.71. The Morgan fingerprint density at radius 3 is 2.59 bits per heavy atom. The van der Waals surface area contributed by atoms with E-state index in [1.54, 1.807) is 29.3 Å². The number of ether oxygens (including phenoxy) is 2. The molecule has 1 saturated carbocycles. The highest BCUT2D eigenvalue weighted by Gasteiger charge is 2.31. The summed E-state index contributed by atoms with van der Waals surface area (Å²) in [4.78, 5) is 20.0. The van der Waals surface area contributed by atoms with Gasteiger partial charge in [-0.05, 0) is 49.4 Å². The number of rotatable bonds is 9. The average Bonchev–Trinajstić information content (AvgIpc) is 3.55. The Kier molecular flexibility index (Phi) is 7.98. The van der Waals surface area contributed by atoms with Crippen molar-refractivity contribution in [2.24, 2.45) is 5.92 Å². The Hall–Kier alpha value is -3.33. The average molecular weight is 552 g/mol. The van der Waals surface area contributed by atoms with Crippen molar-refractivity contribution in [3.63, 3.8) is 0 Å². The SMILES string of the molecule is Cc1cccc(CS(=O)(=O)c2ncc(CN(CC(C)C)C(=O)c3ccc4c(c3)OCO4)n2C2CCCCC2)c1. The predicted octanol–water partition coefficient (Wildman–Crippen LogP) is 5.70. The summed E-state index contributed by atoms with van der Waals surface area (Å²) in [5.41, 5.74) is 3.02. The molecule has 1 fully saturated rings.